The molecule has 0 saturated heterocycles. The van der Waals surface area contributed by atoms with Gasteiger partial charge in [0.2, 0.25) is 0 Å². The van der Waals surface area contributed by atoms with Crippen LogP contribution in [0, 0.1) is 17.0 Å². The second-order valence-electron chi connectivity index (χ2n) is 5.96. The van der Waals surface area contributed by atoms with E-state index in [2.05, 4.69) is 10.5 Å². The molecule has 0 spiro atoms. The number of hydrogen-bond acceptors (Lipinski definition) is 4. The average molecular weight is 347 g/mol. The third kappa shape index (κ3) is 3.59. The Labute approximate surface area is 150 Å². The summed E-state index contributed by atoms with van der Waals surface area (Å²) in [6.45, 7) is 3.42. The van der Waals surface area contributed by atoms with E-state index in [-0.39, 0.29) is 11.3 Å². The Morgan fingerprint density at radius 3 is 2.42 bits per heavy atom. The predicted molar refractivity (Wildman–Crippen MR) is 101 cm³/mol. The second-order valence-corrected chi connectivity index (χ2v) is 5.96. The number of nitro benzene ring substituents is 1. The summed E-state index contributed by atoms with van der Waals surface area (Å²) in [5, 5.41) is 17.3. The lowest BCUT2D eigenvalue weighted by molar-refractivity contribution is -0.385. The van der Waals surface area contributed by atoms with Crippen LogP contribution in [0.25, 0.3) is 10.8 Å². The van der Waals surface area contributed by atoms with Crippen molar-refractivity contribution >= 4 is 28.1 Å². The van der Waals surface area contributed by atoms with Crippen LogP contribution in [0.2, 0.25) is 0 Å². The summed E-state index contributed by atoms with van der Waals surface area (Å²) in [5.41, 5.74) is 4.59. The van der Waals surface area contributed by atoms with Crippen molar-refractivity contribution in [1.82, 2.24) is 5.43 Å². The van der Waals surface area contributed by atoms with Crippen molar-refractivity contribution in [1.29, 1.82) is 0 Å². The Hall–Kier alpha value is -3.54. The molecule has 0 aliphatic carbocycles. The predicted octanol–water partition coefficient (Wildman–Crippen LogP) is 4.21. The molecule has 0 aromatic heterocycles. The van der Waals surface area contributed by atoms with Gasteiger partial charge in [-0.3, -0.25) is 14.9 Å². The average Bonchev–Trinajstić information content (AvgIpc) is 2.65. The van der Waals surface area contributed by atoms with Crippen molar-refractivity contribution in [3.8, 4) is 0 Å². The third-order valence-corrected chi connectivity index (χ3v) is 4.16. The molecule has 0 fully saturated rings. The molecule has 6 nitrogen and oxygen atoms in total. The zero-order valence-corrected chi connectivity index (χ0v) is 14.4. The molecule has 130 valence electrons. The van der Waals surface area contributed by atoms with Gasteiger partial charge in [-0.2, -0.15) is 5.10 Å². The molecule has 3 aromatic carbocycles. The van der Waals surface area contributed by atoms with Gasteiger partial charge in [0.15, 0.2) is 0 Å². The highest BCUT2D eigenvalue weighted by Gasteiger charge is 2.14. The molecule has 0 aliphatic rings. The van der Waals surface area contributed by atoms with E-state index in [4.69, 9.17) is 0 Å². The topological polar surface area (TPSA) is 84.6 Å². The smallest absolute Gasteiger partial charge is 0.267 e. The zero-order chi connectivity index (χ0) is 18.7. The molecule has 3 rings (SSSR count). The first-order valence-corrected chi connectivity index (χ1v) is 8.04. The van der Waals surface area contributed by atoms with Crippen LogP contribution in [0.3, 0.4) is 0 Å². The molecule has 0 saturated carbocycles. The fourth-order valence-corrected chi connectivity index (χ4v) is 2.63. The van der Waals surface area contributed by atoms with E-state index >= 15 is 0 Å². The van der Waals surface area contributed by atoms with E-state index in [9.17, 15) is 14.9 Å². The van der Waals surface area contributed by atoms with Crippen LogP contribution < -0.4 is 5.43 Å². The van der Waals surface area contributed by atoms with E-state index in [1.54, 1.807) is 26.0 Å². The number of amides is 1. The van der Waals surface area contributed by atoms with Crippen molar-refractivity contribution < 1.29 is 9.72 Å². The highest BCUT2D eigenvalue weighted by molar-refractivity contribution is 6.03. The van der Waals surface area contributed by atoms with Crippen LogP contribution >= 0.6 is 0 Å². The number of fused-ring (bicyclic) bond motifs is 1. The van der Waals surface area contributed by atoms with Gasteiger partial charge < -0.3 is 0 Å². The zero-order valence-electron chi connectivity index (χ0n) is 14.4. The highest BCUT2D eigenvalue weighted by Crippen LogP contribution is 2.19. The molecular formula is C20H17N3O3. The van der Waals surface area contributed by atoms with Crippen LogP contribution in [-0.2, 0) is 0 Å². The normalized spacial score (nSPS) is 11.4. The minimum absolute atomic E-state index is 0.0899. The molecule has 0 aliphatic heterocycles. The number of hydrogen-bond donors (Lipinski definition) is 1. The summed E-state index contributed by atoms with van der Waals surface area (Å²) >= 11 is 0. The van der Waals surface area contributed by atoms with Crippen molar-refractivity contribution in [3.63, 3.8) is 0 Å². The largest absolute Gasteiger partial charge is 0.273 e. The van der Waals surface area contributed by atoms with Gasteiger partial charge in [0.05, 0.1) is 10.6 Å². The molecule has 26 heavy (non-hydrogen) atoms. The number of carbonyl (C=O) groups excluding carboxylic acids is 1. The third-order valence-electron chi connectivity index (χ3n) is 4.16. The first-order valence-electron chi connectivity index (χ1n) is 8.04. The highest BCUT2D eigenvalue weighted by atomic mass is 16.6. The minimum Gasteiger partial charge on any atom is -0.267 e. The van der Waals surface area contributed by atoms with Gasteiger partial charge in [-0.05, 0) is 42.3 Å². The Morgan fingerprint density at radius 1 is 1.00 bits per heavy atom. The number of carbonyl (C=O) groups is 1. The first kappa shape index (κ1) is 17.3. The summed E-state index contributed by atoms with van der Waals surface area (Å²) in [6, 6.07) is 18.2. The second kappa shape index (κ2) is 7.14. The Bertz CT molecular complexity index is 1040. The Kier molecular flexibility index (Phi) is 4.75. The number of aryl methyl sites for hydroxylation is 1. The van der Waals surface area contributed by atoms with Crippen LogP contribution in [0.5, 0.6) is 0 Å². The van der Waals surface area contributed by atoms with E-state index in [1.807, 2.05) is 42.5 Å². The van der Waals surface area contributed by atoms with Crippen molar-refractivity contribution in [2.24, 2.45) is 5.10 Å². The number of nitrogens with zero attached hydrogens (tertiary/aromatic N) is 2. The van der Waals surface area contributed by atoms with Gasteiger partial charge in [-0.15, -0.1) is 0 Å². The van der Waals surface area contributed by atoms with Gasteiger partial charge in [0.1, 0.15) is 0 Å². The number of hydrazone groups is 1. The summed E-state index contributed by atoms with van der Waals surface area (Å²) in [6.07, 6.45) is 0. The maximum Gasteiger partial charge on any atom is 0.273 e. The van der Waals surface area contributed by atoms with Crippen LogP contribution in [0.4, 0.5) is 5.69 Å². The molecule has 0 heterocycles. The van der Waals surface area contributed by atoms with E-state index < -0.39 is 10.8 Å². The van der Waals surface area contributed by atoms with Gasteiger partial charge in [0, 0.05) is 17.2 Å². The number of rotatable bonds is 4. The maximum absolute atomic E-state index is 12.2. The van der Waals surface area contributed by atoms with E-state index in [0.29, 0.717) is 11.3 Å². The molecule has 0 atom stereocenters. The van der Waals surface area contributed by atoms with Crippen LogP contribution in [-0.4, -0.2) is 16.5 Å². The van der Waals surface area contributed by atoms with E-state index in [0.717, 1.165) is 16.3 Å². The van der Waals surface area contributed by atoms with Crippen LogP contribution in [0.15, 0.2) is 65.8 Å². The summed E-state index contributed by atoms with van der Waals surface area (Å²) in [4.78, 5) is 22.7. The minimum atomic E-state index is -0.504. The Balaban J connectivity index is 1.80. The number of nitro groups is 1. The maximum atomic E-state index is 12.2. The van der Waals surface area contributed by atoms with E-state index in [1.165, 1.54) is 6.07 Å². The molecule has 1 N–H and O–H groups in total. The van der Waals surface area contributed by atoms with Gasteiger partial charge in [-0.1, -0.05) is 42.5 Å². The lowest BCUT2D eigenvalue weighted by atomic mass is 10.0. The molecule has 0 radical (unpaired) electrons. The molecular weight excluding hydrogens is 330 g/mol. The SMILES string of the molecule is C/C(=N\NC(=O)c1ccc(C)c([N+](=O)[O-])c1)c1ccc2ccccc2c1. The molecule has 0 unspecified atom stereocenters. The molecule has 6 heteroatoms. The first-order chi connectivity index (χ1) is 12.5. The van der Waals surface area contributed by atoms with Crippen molar-refractivity contribution in [3.05, 3.63) is 87.5 Å². The standard InChI is InChI=1S/C20H17N3O3/c1-13-7-8-18(12-19(13)23(25)26)20(24)22-21-14(2)16-10-9-15-5-3-4-6-17(15)11-16/h3-12H,1-2H3,(H,22,24)/b21-14+. The van der Waals surface area contributed by atoms with Gasteiger partial charge >= 0.3 is 0 Å². The fraction of sp³-hybridized carbons (Fsp3) is 0.100. The molecule has 0 bridgehead atoms. The van der Waals surface area contributed by atoms with Crippen molar-refractivity contribution in [2.45, 2.75) is 13.8 Å². The summed E-state index contributed by atoms with van der Waals surface area (Å²) < 4.78 is 0. The summed E-state index contributed by atoms with van der Waals surface area (Å²) in [5.74, 6) is -0.492. The van der Waals surface area contributed by atoms with Crippen molar-refractivity contribution in [2.75, 3.05) is 0 Å². The van der Waals surface area contributed by atoms with Crippen LogP contribution in [0.1, 0.15) is 28.4 Å². The van der Waals surface area contributed by atoms with Gasteiger partial charge in [-0.25, -0.2) is 5.43 Å². The van der Waals surface area contributed by atoms with Gasteiger partial charge in [0.25, 0.3) is 11.6 Å². The Morgan fingerprint density at radius 2 is 1.69 bits per heavy atom. The lowest BCUT2D eigenvalue weighted by Gasteiger charge is -2.05. The quantitative estimate of drug-likeness (QED) is 0.436. The number of benzene rings is 3. The fourth-order valence-electron chi connectivity index (χ4n) is 2.63. The molecule has 1 amide bonds. The number of nitrogens with one attached hydrogen (secondary N) is 1. The lowest BCUT2D eigenvalue weighted by Crippen LogP contribution is -2.19. The molecule has 3 aromatic rings. The monoisotopic (exact) mass is 347 g/mol. The summed E-state index contributed by atoms with van der Waals surface area (Å²) in [7, 11) is 0.